The summed E-state index contributed by atoms with van der Waals surface area (Å²) in [6.45, 7) is 8.16. The Labute approximate surface area is 89.0 Å². The van der Waals surface area contributed by atoms with Crippen LogP contribution in [0.1, 0.15) is 34.1 Å². The molecule has 0 aromatic carbocycles. The molecule has 0 rings (SSSR count). The van der Waals surface area contributed by atoms with Gasteiger partial charge in [0, 0.05) is 28.8 Å². The predicted octanol–water partition coefficient (Wildman–Crippen LogP) is 2.57. The average Bonchev–Trinajstić information content (AvgIpc) is 1.98. The summed E-state index contributed by atoms with van der Waals surface area (Å²) >= 11 is 2.06. The van der Waals surface area contributed by atoms with Gasteiger partial charge in [-0.15, -0.1) is 0 Å². The van der Waals surface area contributed by atoms with E-state index >= 15 is 0 Å². The highest BCUT2D eigenvalue weighted by molar-refractivity contribution is 14.1. The summed E-state index contributed by atoms with van der Waals surface area (Å²) in [7, 11) is 0. The standard InChI is InChI=1S/C9H18INO/c1-6(2)5-8(11-10)9(12)7(3)4/h6-8,11H,5H2,1-4H3. The summed E-state index contributed by atoms with van der Waals surface area (Å²) in [6.07, 6.45) is 0.931. The van der Waals surface area contributed by atoms with E-state index in [-0.39, 0.29) is 12.0 Å². The van der Waals surface area contributed by atoms with Gasteiger partial charge in [0.05, 0.1) is 6.04 Å². The van der Waals surface area contributed by atoms with Crippen molar-refractivity contribution in [2.45, 2.75) is 40.2 Å². The third kappa shape index (κ3) is 4.40. The molecule has 0 saturated heterocycles. The van der Waals surface area contributed by atoms with Gasteiger partial charge < -0.3 is 0 Å². The summed E-state index contributed by atoms with van der Waals surface area (Å²) in [5.41, 5.74) is 0. The number of carbonyl (C=O) groups excluding carboxylic acids is 1. The zero-order chi connectivity index (χ0) is 9.72. The van der Waals surface area contributed by atoms with E-state index in [1.165, 1.54) is 0 Å². The van der Waals surface area contributed by atoms with Gasteiger partial charge in [-0.3, -0.25) is 8.32 Å². The molecule has 12 heavy (non-hydrogen) atoms. The van der Waals surface area contributed by atoms with Gasteiger partial charge in [-0.05, 0) is 12.3 Å². The van der Waals surface area contributed by atoms with Crippen LogP contribution in [-0.4, -0.2) is 11.8 Å². The molecule has 2 nitrogen and oxygen atoms in total. The fourth-order valence-electron chi connectivity index (χ4n) is 1.09. The molecule has 0 spiro atoms. The first-order valence-corrected chi connectivity index (χ1v) is 5.46. The first kappa shape index (κ1) is 12.4. The highest BCUT2D eigenvalue weighted by Crippen LogP contribution is 2.10. The first-order chi connectivity index (χ1) is 5.49. The van der Waals surface area contributed by atoms with Crippen LogP contribution in [-0.2, 0) is 4.79 Å². The van der Waals surface area contributed by atoms with Crippen molar-refractivity contribution >= 4 is 28.6 Å². The zero-order valence-electron chi connectivity index (χ0n) is 8.23. The molecule has 0 fully saturated rings. The quantitative estimate of drug-likeness (QED) is 0.620. The monoisotopic (exact) mass is 283 g/mol. The Kier molecular flexibility index (Phi) is 6.09. The van der Waals surface area contributed by atoms with E-state index in [1.54, 1.807) is 0 Å². The van der Waals surface area contributed by atoms with Crippen molar-refractivity contribution in [3.05, 3.63) is 0 Å². The van der Waals surface area contributed by atoms with Crippen LogP contribution in [0.3, 0.4) is 0 Å². The van der Waals surface area contributed by atoms with Gasteiger partial charge in [0.15, 0.2) is 5.78 Å². The molecule has 1 unspecified atom stereocenters. The minimum absolute atomic E-state index is 0.0330. The topological polar surface area (TPSA) is 29.1 Å². The van der Waals surface area contributed by atoms with E-state index in [0.29, 0.717) is 11.7 Å². The lowest BCUT2D eigenvalue weighted by Gasteiger charge is -2.17. The number of nitrogens with one attached hydrogen (secondary N) is 1. The Bertz CT molecular complexity index is 145. The lowest BCUT2D eigenvalue weighted by atomic mass is 9.95. The summed E-state index contributed by atoms with van der Waals surface area (Å²) in [6, 6.07) is 0.0330. The zero-order valence-corrected chi connectivity index (χ0v) is 10.4. The molecule has 0 aliphatic heterocycles. The number of hydrogen-bond donors (Lipinski definition) is 1. The Balaban J connectivity index is 4.06. The minimum atomic E-state index is 0.0330. The van der Waals surface area contributed by atoms with Crippen LogP contribution in [0.5, 0.6) is 0 Å². The number of ketones is 1. The van der Waals surface area contributed by atoms with Crippen LogP contribution < -0.4 is 3.53 Å². The van der Waals surface area contributed by atoms with Crippen LogP contribution in [0, 0.1) is 11.8 Å². The molecule has 72 valence electrons. The van der Waals surface area contributed by atoms with E-state index in [2.05, 4.69) is 40.2 Å². The van der Waals surface area contributed by atoms with E-state index in [0.717, 1.165) is 6.42 Å². The largest absolute Gasteiger partial charge is 0.298 e. The van der Waals surface area contributed by atoms with Crippen molar-refractivity contribution in [1.82, 2.24) is 3.53 Å². The minimum Gasteiger partial charge on any atom is -0.298 e. The highest BCUT2D eigenvalue weighted by atomic mass is 127. The normalized spacial score (nSPS) is 13.9. The molecule has 0 aliphatic carbocycles. The van der Waals surface area contributed by atoms with Crippen LogP contribution in [0.2, 0.25) is 0 Å². The average molecular weight is 283 g/mol. The van der Waals surface area contributed by atoms with E-state index in [1.807, 2.05) is 13.8 Å². The van der Waals surface area contributed by atoms with Crippen LogP contribution in [0.25, 0.3) is 0 Å². The molecular formula is C9H18INO. The molecule has 0 bridgehead atoms. The Morgan fingerprint density at radius 3 is 2.08 bits per heavy atom. The maximum Gasteiger partial charge on any atom is 0.153 e. The molecule has 0 aromatic heterocycles. The van der Waals surface area contributed by atoms with Crippen molar-refractivity contribution in [3.63, 3.8) is 0 Å². The van der Waals surface area contributed by atoms with Gasteiger partial charge in [-0.25, -0.2) is 0 Å². The van der Waals surface area contributed by atoms with Gasteiger partial charge in [0.25, 0.3) is 0 Å². The molecule has 0 saturated carbocycles. The van der Waals surface area contributed by atoms with Gasteiger partial charge in [-0.1, -0.05) is 27.7 Å². The number of carbonyl (C=O) groups is 1. The Morgan fingerprint density at radius 1 is 1.33 bits per heavy atom. The lowest BCUT2D eigenvalue weighted by Crippen LogP contribution is -2.34. The molecular weight excluding hydrogens is 265 g/mol. The highest BCUT2D eigenvalue weighted by Gasteiger charge is 2.20. The second-order valence-corrected chi connectivity index (χ2v) is 4.47. The van der Waals surface area contributed by atoms with Gasteiger partial charge >= 0.3 is 0 Å². The first-order valence-electron chi connectivity index (χ1n) is 4.39. The fraction of sp³-hybridized carbons (Fsp3) is 0.889. The van der Waals surface area contributed by atoms with Crippen molar-refractivity contribution in [2.75, 3.05) is 0 Å². The van der Waals surface area contributed by atoms with E-state index in [9.17, 15) is 4.79 Å². The smallest absolute Gasteiger partial charge is 0.153 e. The third-order valence-electron chi connectivity index (χ3n) is 1.75. The fourth-order valence-corrected chi connectivity index (χ4v) is 1.65. The summed E-state index contributed by atoms with van der Waals surface area (Å²) in [4.78, 5) is 11.5. The molecule has 0 aliphatic rings. The van der Waals surface area contributed by atoms with Gasteiger partial charge in [0.1, 0.15) is 0 Å². The number of Topliss-reactive ketones (excluding diaryl/α,β-unsaturated/α-hetero) is 1. The predicted molar refractivity (Wildman–Crippen MR) is 60.2 cm³/mol. The number of halogens is 1. The molecule has 0 heterocycles. The van der Waals surface area contributed by atoms with Crippen molar-refractivity contribution < 1.29 is 4.79 Å². The maximum absolute atomic E-state index is 11.5. The van der Waals surface area contributed by atoms with Gasteiger partial charge in [0.2, 0.25) is 0 Å². The third-order valence-corrected chi connectivity index (χ3v) is 2.50. The molecule has 0 amide bonds. The number of rotatable bonds is 5. The second-order valence-electron chi connectivity index (χ2n) is 3.85. The lowest BCUT2D eigenvalue weighted by molar-refractivity contribution is -0.123. The van der Waals surface area contributed by atoms with Crippen molar-refractivity contribution in [3.8, 4) is 0 Å². The molecule has 3 heteroatoms. The summed E-state index contributed by atoms with van der Waals surface area (Å²) < 4.78 is 3.03. The van der Waals surface area contributed by atoms with E-state index < -0.39 is 0 Å². The summed E-state index contributed by atoms with van der Waals surface area (Å²) in [5.74, 6) is 1.02. The maximum atomic E-state index is 11.5. The van der Waals surface area contributed by atoms with Crippen LogP contribution in [0.15, 0.2) is 0 Å². The van der Waals surface area contributed by atoms with Crippen molar-refractivity contribution in [2.24, 2.45) is 11.8 Å². The number of hydrogen-bond acceptors (Lipinski definition) is 2. The van der Waals surface area contributed by atoms with Crippen LogP contribution >= 0.6 is 22.9 Å². The molecule has 0 aromatic rings. The van der Waals surface area contributed by atoms with E-state index in [4.69, 9.17) is 0 Å². The second kappa shape index (κ2) is 5.91. The van der Waals surface area contributed by atoms with Crippen LogP contribution in [0.4, 0.5) is 0 Å². The Hall–Kier alpha value is 0.360. The Morgan fingerprint density at radius 2 is 1.83 bits per heavy atom. The van der Waals surface area contributed by atoms with Crippen molar-refractivity contribution in [1.29, 1.82) is 0 Å². The molecule has 1 N–H and O–H groups in total. The molecule has 0 radical (unpaired) electrons. The van der Waals surface area contributed by atoms with Gasteiger partial charge in [-0.2, -0.15) is 0 Å². The SMILES string of the molecule is CC(C)CC(NI)C(=O)C(C)C. The summed E-state index contributed by atoms with van der Waals surface area (Å²) in [5, 5.41) is 0. The molecule has 1 atom stereocenters.